The Morgan fingerprint density at radius 2 is 2.13 bits per heavy atom. The van der Waals surface area contributed by atoms with Crippen LogP contribution in [0.4, 0.5) is 14.5 Å². The van der Waals surface area contributed by atoms with Crippen LogP contribution in [0.5, 0.6) is 0 Å². The number of hydrogen-bond donors (Lipinski definition) is 3. The first-order valence-corrected chi connectivity index (χ1v) is 12.7. The number of aliphatic imine (C=N–C) groups is 2. The van der Waals surface area contributed by atoms with Gasteiger partial charge in [-0.2, -0.15) is 0 Å². The highest BCUT2D eigenvalue weighted by Crippen LogP contribution is 2.33. The van der Waals surface area contributed by atoms with Gasteiger partial charge in [0.05, 0.1) is 51.1 Å². The number of ether oxygens (including phenoxy) is 1. The van der Waals surface area contributed by atoms with Gasteiger partial charge < -0.3 is 20.7 Å². The molecule has 4 N–H and O–H groups in total. The van der Waals surface area contributed by atoms with Crippen LogP contribution >= 0.6 is 22.9 Å². The maximum absolute atomic E-state index is 14.4. The first-order chi connectivity index (χ1) is 18.3. The van der Waals surface area contributed by atoms with Crippen molar-refractivity contribution in [1.29, 1.82) is 0 Å². The number of rotatable bonds is 5. The van der Waals surface area contributed by atoms with Crippen LogP contribution in [0.15, 0.2) is 46.5 Å². The van der Waals surface area contributed by atoms with Crippen molar-refractivity contribution in [1.82, 2.24) is 20.0 Å². The Morgan fingerprint density at radius 3 is 2.89 bits per heavy atom. The molecule has 1 aliphatic rings. The van der Waals surface area contributed by atoms with E-state index in [1.165, 1.54) is 22.2 Å². The van der Waals surface area contributed by atoms with Crippen molar-refractivity contribution >= 4 is 51.0 Å². The first kappa shape index (κ1) is 26.3. The Morgan fingerprint density at radius 1 is 1.32 bits per heavy atom. The number of nitrogens with two attached hydrogens (primary N) is 1. The molecule has 0 aliphatic carbocycles. The third-order valence-corrected chi connectivity index (χ3v) is 7.33. The summed E-state index contributed by atoms with van der Waals surface area (Å²) in [6.45, 7) is 1.42. The number of amidine groups is 1. The average molecular weight is 562 g/mol. The van der Waals surface area contributed by atoms with Crippen molar-refractivity contribution in [3.05, 3.63) is 58.2 Å². The second kappa shape index (κ2) is 10.8. The van der Waals surface area contributed by atoms with Crippen LogP contribution in [-0.2, 0) is 4.74 Å². The second-order valence-electron chi connectivity index (χ2n) is 8.60. The normalized spacial score (nSPS) is 22.5. The number of aliphatic hydroxyl groups is 2. The van der Waals surface area contributed by atoms with Crippen LogP contribution in [0.25, 0.3) is 21.5 Å². The lowest BCUT2D eigenvalue weighted by Gasteiger charge is -2.38. The summed E-state index contributed by atoms with van der Waals surface area (Å²) in [5, 5.41) is 29.3. The SMILES string of the molecule is Cc1nc2ccc(N=C(N=CN)C3CC(n4cc(-c5cc(F)c(Cl)cc5F)nn4)C(O)C(CO)O3)cc2s1. The third-order valence-electron chi connectivity index (χ3n) is 6.10. The largest absolute Gasteiger partial charge is 0.394 e. The molecule has 1 fully saturated rings. The van der Waals surface area contributed by atoms with Gasteiger partial charge in [-0.1, -0.05) is 16.8 Å². The molecule has 14 heteroatoms. The number of thiazole rings is 1. The fraction of sp³-hybridized carbons (Fsp3) is 0.292. The molecule has 198 valence electrons. The average Bonchev–Trinajstić information content (AvgIpc) is 3.52. The smallest absolute Gasteiger partial charge is 0.159 e. The minimum Gasteiger partial charge on any atom is -0.394 e. The Bertz CT molecular complexity index is 1540. The van der Waals surface area contributed by atoms with Gasteiger partial charge in [-0.05, 0) is 37.3 Å². The van der Waals surface area contributed by atoms with Crippen LogP contribution in [-0.4, -0.2) is 67.3 Å². The maximum atomic E-state index is 14.4. The standard InChI is InChI=1S/C24H22ClF2N7O3S/c1-11-30-17-3-2-12(4-22(17)38-11)31-24(29-10-28)20-7-19(23(36)21(9-35)37-20)34-8-18(32-33-34)13-5-16(27)14(25)6-15(13)26/h2-6,8,10,19-21,23,35-36H,7,9H2,1H3,(H2,28,29,31). The minimum absolute atomic E-state index is 0.0379. The van der Waals surface area contributed by atoms with Crippen molar-refractivity contribution in [2.24, 2.45) is 15.7 Å². The van der Waals surface area contributed by atoms with Gasteiger partial charge in [-0.15, -0.1) is 16.4 Å². The minimum atomic E-state index is -1.20. The highest BCUT2D eigenvalue weighted by Gasteiger charge is 2.41. The predicted octanol–water partition coefficient (Wildman–Crippen LogP) is 3.56. The lowest BCUT2D eigenvalue weighted by molar-refractivity contribution is -0.137. The Labute approximate surface area is 224 Å². The van der Waals surface area contributed by atoms with Crippen LogP contribution in [0, 0.1) is 18.6 Å². The number of aryl methyl sites for hydroxylation is 1. The van der Waals surface area contributed by atoms with Gasteiger partial charge in [0.25, 0.3) is 0 Å². The molecule has 1 aliphatic heterocycles. The molecule has 5 rings (SSSR count). The summed E-state index contributed by atoms with van der Waals surface area (Å²) in [4.78, 5) is 13.2. The Balaban J connectivity index is 1.47. The van der Waals surface area contributed by atoms with Crippen LogP contribution in [0.2, 0.25) is 5.02 Å². The zero-order valence-electron chi connectivity index (χ0n) is 19.9. The molecule has 2 aromatic heterocycles. The molecule has 0 bridgehead atoms. The highest BCUT2D eigenvalue weighted by atomic mass is 35.5. The van der Waals surface area contributed by atoms with Gasteiger partial charge in [-0.3, -0.25) is 0 Å². The third kappa shape index (κ3) is 5.15. The van der Waals surface area contributed by atoms with E-state index in [2.05, 4.69) is 25.3 Å². The Kier molecular flexibility index (Phi) is 7.45. The molecular formula is C24H22ClF2N7O3S. The summed E-state index contributed by atoms with van der Waals surface area (Å²) in [5.41, 5.74) is 6.94. The molecule has 4 aromatic rings. The van der Waals surface area contributed by atoms with Gasteiger partial charge in [0.15, 0.2) is 5.84 Å². The summed E-state index contributed by atoms with van der Waals surface area (Å²) in [6.07, 6.45) is -0.429. The van der Waals surface area contributed by atoms with E-state index in [0.717, 1.165) is 33.7 Å². The van der Waals surface area contributed by atoms with E-state index in [1.807, 2.05) is 19.1 Å². The lowest BCUT2D eigenvalue weighted by atomic mass is 9.95. The molecule has 4 unspecified atom stereocenters. The fourth-order valence-electron chi connectivity index (χ4n) is 4.31. The highest BCUT2D eigenvalue weighted by molar-refractivity contribution is 7.18. The van der Waals surface area contributed by atoms with E-state index < -0.39 is 42.6 Å². The van der Waals surface area contributed by atoms with Gasteiger partial charge in [0.2, 0.25) is 0 Å². The summed E-state index contributed by atoms with van der Waals surface area (Å²) in [7, 11) is 0. The van der Waals surface area contributed by atoms with E-state index in [1.54, 1.807) is 6.07 Å². The number of aromatic nitrogens is 4. The van der Waals surface area contributed by atoms with Gasteiger partial charge in [0.1, 0.15) is 35.6 Å². The van der Waals surface area contributed by atoms with Gasteiger partial charge in [-0.25, -0.2) is 28.4 Å². The maximum Gasteiger partial charge on any atom is 0.159 e. The topological polar surface area (TPSA) is 144 Å². The molecule has 0 amide bonds. The van der Waals surface area contributed by atoms with E-state index in [9.17, 15) is 19.0 Å². The van der Waals surface area contributed by atoms with Gasteiger partial charge >= 0.3 is 0 Å². The van der Waals surface area contributed by atoms with Crippen LogP contribution < -0.4 is 5.73 Å². The Hall–Kier alpha value is -3.36. The molecule has 0 radical (unpaired) electrons. The second-order valence-corrected chi connectivity index (χ2v) is 10.2. The molecular weight excluding hydrogens is 540 g/mol. The molecule has 38 heavy (non-hydrogen) atoms. The number of hydrogen-bond acceptors (Lipinski definition) is 8. The monoisotopic (exact) mass is 561 g/mol. The number of halogens is 3. The molecule has 1 saturated heterocycles. The quantitative estimate of drug-likeness (QED) is 0.192. The molecule has 4 atom stereocenters. The van der Waals surface area contributed by atoms with E-state index in [4.69, 9.17) is 22.1 Å². The molecule has 0 spiro atoms. The first-order valence-electron chi connectivity index (χ1n) is 11.5. The number of fused-ring (bicyclic) bond motifs is 1. The summed E-state index contributed by atoms with van der Waals surface area (Å²) in [5.74, 6) is -1.37. The summed E-state index contributed by atoms with van der Waals surface area (Å²) in [6, 6.07) is 6.52. The van der Waals surface area contributed by atoms with Crippen molar-refractivity contribution in [2.75, 3.05) is 6.61 Å². The molecule has 10 nitrogen and oxygen atoms in total. The molecule has 3 heterocycles. The van der Waals surface area contributed by atoms with Crippen molar-refractivity contribution in [3.8, 4) is 11.3 Å². The fourth-order valence-corrected chi connectivity index (χ4v) is 5.32. The van der Waals surface area contributed by atoms with Gasteiger partial charge in [0, 0.05) is 12.0 Å². The van der Waals surface area contributed by atoms with Crippen molar-refractivity contribution in [3.63, 3.8) is 0 Å². The number of nitrogens with zero attached hydrogens (tertiary/aromatic N) is 6. The van der Waals surface area contributed by atoms with Crippen LogP contribution in [0.1, 0.15) is 17.5 Å². The zero-order chi connectivity index (χ0) is 27.0. The summed E-state index contributed by atoms with van der Waals surface area (Å²) >= 11 is 7.18. The number of aliphatic hydroxyl groups excluding tert-OH is 2. The lowest BCUT2D eigenvalue weighted by Crippen LogP contribution is -2.49. The zero-order valence-corrected chi connectivity index (χ0v) is 21.4. The summed E-state index contributed by atoms with van der Waals surface area (Å²) < 4.78 is 36.6. The van der Waals surface area contributed by atoms with E-state index >= 15 is 0 Å². The molecule has 2 aromatic carbocycles. The molecule has 0 saturated carbocycles. The van der Waals surface area contributed by atoms with Crippen molar-refractivity contribution in [2.45, 2.75) is 37.7 Å². The number of benzene rings is 2. The van der Waals surface area contributed by atoms with Crippen molar-refractivity contribution < 1.29 is 23.7 Å². The van der Waals surface area contributed by atoms with E-state index in [-0.39, 0.29) is 28.5 Å². The van der Waals surface area contributed by atoms with E-state index in [0.29, 0.717) is 5.69 Å². The predicted molar refractivity (Wildman–Crippen MR) is 140 cm³/mol. The van der Waals surface area contributed by atoms with Crippen LogP contribution in [0.3, 0.4) is 0 Å².